The Bertz CT molecular complexity index is 298. The van der Waals surface area contributed by atoms with E-state index >= 15 is 0 Å². The van der Waals surface area contributed by atoms with Crippen LogP contribution < -0.4 is 0 Å². The summed E-state index contributed by atoms with van der Waals surface area (Å²) in [7, 11) is 0. The maximum atomic E-state index is 13.6. The summed E-state index contributed by atoms with van der Waals surface area (Å²) in [5.74, 6) is 2.41. The van der Waals surface area contributed by atoms with Crippen molar-refractivity contribution in [3.8, 4) is 0 Å². The molecule has 0 spiro atoms. The van der Waals surface area contributed by atoms with Gasteiger partial charge in [-0.1, -0.05) is 48.5 Å². The highest BCUT2D eigenvalue weighted by Crippen LogP contribution is 2.53. The predicted octanol–water partition coefficient (Wildman–Crippen LogP) is 6.90. The molecule has 0 saturated heterocycles. The second-order valence-corrected chi connectivity index (χ2v) is 9.38. The normalized spacial score (nSPS) is 39.8. The summed E-state index contributed by atoms with van der Waals surface area (Å²) in [6.45, 7) is 2.27. The van der Waals surface area contributed by atoms with Gasteiger partial charge in [-0.25, -0.2) is 0 Å². The molecule has 2 rings (SSSR count). The number of hydrogen-bond acceptors (Lipinski definition) is 0. The molecule has 0 aromatic rings. The minimum absolute atomic E-state index is 0.588. The van der Waals surface area contributed by atoms with E-state index < -0.39 is 9.16 Å². The molecular formula is C16H26Br2F2. The molecule has 2 aliphatic rings. The predicted molar refractivity (Wildman–Crippen MR) is 87.8 cm³/mol. The third-order valence-electron chi connectivity index (χ3n) is 5.59. The van der Waals surface area contributed by atoms with Gasteiger partial charge in [-0.15, -0.1) is 0 Å². The molecule has 0 aliphatic heterocycles. The van der Waals surface area contributed by atoms with Crippen LogP contribution in [-0.4, -0.2) is 9.16 Å². The lowest BCUT2D eigenvalue weighted by Gasteiger charge is -2.42. The van der Waals surface area contributed by atoms with Gasteiger partial charge in [0, 0.05) is 0 Å². The first-order valence-electron chi connectivity index (χ1n) is 8.11. The number of hydrogen-bond donors (Lipinski definition) is 0. The Labute approximate surface area is 138 Å². The Morgan fingerprint density at radius 2 is 1.50 bits per heavy atom. The van der Waals surface area contributed by atoms with Crippen LogP contribution in [0.2, 0.25) is 0 Å². The molecule has 0 unspecified atom stereocenters. The van der Waals surface area contributed by atoms with Crippen molar-refractivity contribution in [2.24, 2.45) is 17.8 Å². The molecule has 2 aliphatic carbocycles. The van der Waals surface area contributed by atoms with Crippen molar-refractivity contribution in [3.63, 3.8) is 0 Å². The van der Waals surface area contributed by atoms with Gasteiger partial charge in [-0.05, 0) is 72.2 Å². The average molecular weight is 416 g/mol. The Morgan fingerprint density at radius 1 is 1.00 bits per heavy atom. The minimum Gasteiger partial charge on any atom is -0.192 e. The summed E-state index contributed by atoms with van der Waals surface area (Å²) in [4.78, 5) is -2.79. The fourth-order valence-corrected chi connectivity index (χ4v) is 5.06. The molecule has 0 aromatic heterocycles. The lowest BCUT2D eigenvalue weighted by molar-refractivity contribution is 0.0341. The molecule has 0 nitrogen and oxygen atoms in total. The van der Waals surface area contributed by atoms with Crippen molar-refractivity contribution in [2.45, 2.75) is 80.3 Å². The number of halogens is 4. The van der Waals surface area contributed by atoms with Crippen molar-refractivity contribution < 1.29 is 8.78 Å². The van der Waals surface area contributed by atoms with Crippen molar-refractivity contribution >= 4 is 31.9 Å². The quantitative estimate of drug-likeness (QED) is 0.437. The van der Waals surface area contributed by atoms with Gasteiger partial charge >= 0.3 is 4.83 Å². The van der Waals surface area contributed by atoms with Crippen molar-refractivity contribution in [2.75, 3.05) is 0 Å². The zero-order valence-corrected chi connectivity index (χ0v) is 15.5. The van der Waals surface area contributed by atoms with Gasteiger partial charge < -0.3 is 0 Å². The van der Waals surface area contributed by atoms with Crippen LogP contribution in [0.5, 0.6) is 0 Å². The Hall–Kier alpha value is 0.820. The van der Waals surface area contributed by atoms with E-state index in [4.69, 9.17) is 0 Å². The average Bonchev–Trinajstić information content (AvgIpc) is 2.40. The van der Waals surface area contributed by atoms with Crippen LogP contribution in [0.3, 0.4) is 0 Å². The standard InChI is InChI=1S/C16H26Br2F2/c1-2-3-12-4-6-13(7-5-12)14-8-10-15(17,11-9-14)16(18,19)20/h12-14H,2-11H2,1H3. The van der Waals surface area contributed by atoms with Crippen LogP contribution in [0.25, 0.3) is 0 Å². The highest BCUT2D eigenvalue weighted by molar-refractivity contribution is 9.12. The van der Waals surface area contributed by atoms with Gasteiger partial charge in [0.05, 0.1) is 4.32 Å². The summed E-state index contributed by atoms with van der Waals surface area (Å²) in [6.07, 6.45) is 11.1. The fraction of sp³-hybridized carbons (Fsp3) is 1.00. The fourth-order valence-electron chi connectivity index (χ4n) is 4.21. The molecule has 0 aromatic carbocycles. The molecule has 0 N–H and O–H groups in total. The summed E-state index contributed by atoms with van der Waals surface area (Å²) >= 11 is 5.86. The molecule has 0 amide bonds. The molecule has 0 radical (unpaired) electrons. The maximum Gasteiger partial charge on any atom is 0.316 e. The summed E-state index contributed by atoms with van der Waals surface area (Å²) in [5, 5.41) is 0. The largest absolute Gasteiger partial charge is 0.316 e. The van der Waals surface area contributed by atoms with E-state index in [1.165, 1.54) is 38.5 Å². The van der Waals surface area contributed by atoms with Crippen LogP contribution in [0.1, 0.15) is 71.1 Å². The van der Waals surface area contributed by atoms with Gasteiger partial charge in [-0.2, -0.15) is 8.78 Å². The SMILES string of the molecule is CCCC1CCC(C2CCC(Br)(C(F)(F)Br)CC2)CC1. The molecule has 0 bridgehead atoms. The van der Waals surface area contributed by atoms with Crippen LogP contribution >= 0.6 is 31.9 Å². The van der Waals surface area contributed by atoms with Crippen LogP contribution in [0.4, 0.5) is 8.78 Å². The monoisotopic (exact) mass is 414 g/mol. The third kappa shape index (κ3) is 3.97. The molecule has 0 atom stereocenters. The van der Waals surface area contributed by atoms with Gasteiger partial charge in [-0.3, -0.25) is 0 Å². The topological polar surface area (TPSA) is 0 Å². The first-order valence-corrected chi connectivity index (χ1v) is 9.70. The molecular weight excluding hydrogens is 390 g/mol. The lowest BCUT2D eigenvalue weighted by atomic mass is 9.68. The number of alkyl halides is 4. The Kier molecular flexibility index (Phi) is 5.96. The highest BCUT2D eigenvalue weighted by atomic mass is 79.9. The number of rotatable bonds is 4. The first kappa shape index (κ1) is 17.2. The van der Waals surface area contributed by atoms with Gasteiger partial charge in [0.15, 0.2) is 0 Å². The summed E-state index contributed by atoms with van der Waals surface area (Å²) in [6, 6.07) is 0. The maximum absolute atomic E-state index is 13.6. The minimum atomic E-state index is -2.79. The molecule has 2 fully saturated rings. The third-order valence-corrected chi connectivity index (χ3v) is 8.17. The molecule has 20 heavy (non-hydrogen) atoms. The molecule has 0 heterocycles. The van der Waals surface area contributed by atoms with E-state index in [2.05, 4.69) is 38.8 Å². The van der Waals surface area contributed by atoms with Crippen LogP contribution in [0, 0.1) is 17.8 Å². The van der Waals surface area contributed by atoms with Crippen molar-refractivity contribution in [3.05, 3.63) is 0 Å². The summed E-state index contributed by atoms with van der Waals surface area (Å²) < 4.78 is 26.1. The van der Waals surface area contributed by atoms with Gasteiger partial charge in [0.1, 0.15) is 0 Å². The van der Waals surface area contributed by atoms with Crippen molar-refractivity contribution in [1.82, 2.24) is 0 Å². The first-order chi connectivity index (χ1) is 9.36. The molecule has 118 valence electrons. The summed E-state index contributed by atoms with van der Waals surface area (Å²) in [5.41, 5.74) is 0. The Balaban J connectivity index is 1.80. The highest BCUT2D eigenvalue weighted by Gasteiger charge is 2.52. The zero-order valence-electron chi connectivity index (χ0n) is 12.3. The van der Waals surface area contributed by atoms with Gasteiger partial charge in [0.25, 0.3) is 0 Å². The second-order valence-electron chi connectivity index (χ2n) is 6.87. The van der Waals surface area contributed by atoms with E-state index in [9.17, 15) is 8.78 Å². The second kappa shape index (κ2) is 6.93. The molecule has 4 heteroatoms. The smallest absolute Gasteiger partial charge is 0.192 e. The van der Waals surface area contributed by atoms with E-state index in [1.54, 1.807) is 0 Å². The van der Waals surface area contributed by atoms with E-state index in [1.807, 2.05) is 0 Å². The van der Waals surface area contributed by atoms with Crippen LogP contribution in [0.15, 0.2) is 0 Å². The molecule has 2 saturated carbocycles. The van der Waals surface area contributed by atoms with E-state index in [-0.39, 0.29) is 0 Å². The van der Waals surface area contributed by atoms with Gasteiger partial charge in [0.2, 0.25) is 0 Å². The van der Waals surface area contributed by atoms with Crippen LogP contribution in [-0.2, 0) is 0 Å². The Morgan fingerprint density at radius 3 is 1.95 bits per heavy atom. The lowest BCUT2D eigenvalue weighted by Crippen LogP contribution is -2.42. The van der Waals surface area contributed by atoms with E-state index in [0.717, 1.165) is 24.7 Å². The zero-order chi connectivity index (χ0) is 14.8. The van der Waals surface area contributed by atoms with E-state index in [0.29, 0.717) is 18.8 Å². The van der Waals surface area contributed by atoms with Crippen molar-refractivity contribution in [1.29, 1.82) is 0 Å².